The Labute approximate surface area is 115 Å². The van der Waals surface area contributed by atoms with Crippen LogP contribution in [0.4, 0.5) is 0 Å². The zero-order chi connectivity index (χ0) is 14.5. The molecule has 2 N–H and O–H groups in total. The molecule has 0 aromatic carbocycles. The van der Waals surface area contributed by atoms with Crippen LogP contribution >= 0.6 is 0 Å². The Morgan fingerprint density at radius 1 is 1.15 bits per heavy atom. The van der Waals surface area contributed by atoms with Gasteiger partial charge in [-0.15, -0.1) is 0 Å². The van der Waals surface area contributed by atoms with Crippen LogP contribution in [0.2, 0.25) is 0 Å². The first-order valence-electron chi connectivity index (χ1n) is 5.95. The molecule has 2 aromatic rings. The second kappa shape index (κ2) is 5.92. The molecule has 2 aromatic heterocycles. The van der Waals surface area contributed by atoms with Crippen LogP contribution in [0.25, 0.3) is 6.08 Å². The zero-order valence-corrected chi connectivity index (χ0v) is 11.1. The van der Waals surface area contributed by atoms with E-state index < -0.39 is 11.8 Å². The van der Waals surface area contributed by atoms with E-state index in [0.717, 1.165) is 5.76 Å². The second-order valence-corrected chi connectivity index (χ2v) is 4.12. The van der Waals surface area contributed by atoms with Gasteiger partial charge in [0, 0.05) is 6.08 Å². The second-order valence-electron chi connectivity index (χ2n) is 4.12. The first-order chi connectivity index (χ1) is 9.56. The maximum absolute atomic E-state index is 11.7. The lowest BCUT2D eigenvalue weighted by molar-refractivity contribution is -0.117. The van der Waals surface area contributed by atoms with Gasteiger partial charge in [-0.05, 0) is 38.1 Å². The SMILES string of the molecule is Cc1ccc(/C=C/C(=O)NNC(=O)c2ccoc2C)o1. The number of aryl methyl sites for hydroxylation is 2. The number of amides is 2. The van der Waals surface area contributed by atoms with Crippen LogP contribution in [-0.2, 0) is 4.79 Å². The Kier molecular flexibility index (Phi) is 4.05. The van der Waals surface area contributed by atoms with Crippen molar-refractivity contribution in [3.05, 3.63) is 53.4 Å². The molecule has 0 unspecified atom stereocenters. The molecule has 0 bridgehead atoms. The number of hydrazine groups is 1. The van der Waals surface area contributed by atoms with E-state index in [1.165, 1.54) is 24.5 Å². The molecule has 2 amide bonds. The molecule has 0 aliphatic rings. The maximum Gasteiger partial charge on any atom is 0.273 e. The topological polar surface area (TPSA) is 84.5 Å². The number of hydrogen-bond donors (Lipinski definition) is 2. The minimum atomic E-state index is -0.464. The highest BCUT2D eigenvalue weighted by atomic mass is 16.3. The van der Waals surface area contributed by atoms with E-state index in [0.29, 0.717) is 17.1 Å². The summed E-state index contributed by atoms with van der Waals surface area (Å²) in [6.07, 6.45) is 4.18. The predicted molar refractivity (Wildman–Crippen MR) is 71.5 cm³/mol. The standard InChI is InChI=1S/C14H14N2O4/c1-9-3-4-11(20-9)5-6-13(17)15-16-14(18)12-7-8-19-10(12)2/h3-8H,1-2H3,(H,15,17)(H,16,18)/b6-5+. The van der Waals surface area contributed by atoms with Crippen molar-refractivity contribution in [2.45, 2.75) is 13.8 Å². The van der Waals surface area contributed by atoms with Crippen LogP contribution < -0.4 is 10.9 Å². The fourth-order valence-electron chi connectivity index (χ4n) is 1.55. The minimum Gasteiger partial charge on any atom is -0.469 e. The van der Waals surface area contributed by atoms with Crippen molar-refractivity contribution in [3.63, 3.8) is 0 Å². The Morgan fingerprint density at radius 2 is 1.95 bits per heavy atom. The molecule has 104 valence electrons. The molecular formula is C14H14N2O4. The summed E-state index contributed by atoms with van der Waals surface area (Å²) in [6.45, 7) is 3.47. The summed E-state index contributed by atoms with van der Waals surface area (Å²) in [4.78, 5) is 23.2. The first-order valence-corrected chi connectivity index (χ1v) is 5.95. The molecule has 0 saturated heterocycles. The normalized spacial score (nSPS) is 10.7. The van der Waals surface area contributed by atoms with Gasteiger partial charge in [0.15, 0.2) is 0 Å². The lowest BCUT2D eigenvalue weighted by Gasteiger charge is -2.03. The predicted octanol–water partition coefficient (Wildman–Crippen LogP) is 1.96. The van der Waals surface area contributed by atoms with Gasteiger partial charge < -0.3 is 8.83 Å². The highest BCUT2D eigenvalue weighted by molar-refractivity contribution is 5.98. The Bertz CT molecular complexity index is 652. The van der Waals surface area contributed by atoms with Crippen molar-refractivity contribution >= 4 is 17.9 Å². The minimum absolute atomic E-state index is 0.371. The number of hydrogen-bond acceptors (Lipinski definition) is 4. The molecule has 6 heteroatoms. The van der Waals surface area contributed by atoms with Crippen molar-refractivity contribution in [2.24, 2.45) is 0 Å². The van der Waals surface area contributed by atoms with E-state index in [4.69, 9.17) is 8.83 Å². The molecule has 0 radical (unpaired) electrons. The van der Waals surface area contributed by atoms with Crippen LogP contribution in [0.1, 0.15) is 27.6 Å². The van der Waals surface area contributed by atoms with E-state index >= 15 is 0 Å². The van der Waals surface area contributed by atoms with Crippen molar-refractivity contribution < 1.29 is 18.4 Å². The number of furan rings is 2. The van der Waals surface area contributed by atoms with Crippen LogP contribution in [0.5, 0.6) is 0 Å². The Balaban J connectivity index is 1.85. The molecule has 0 fully saturated rings. The number of nitrogens with one attached hydrogen (secondary N) is 2. The molecule has 0 saturated carbocycles. The van der Waals surface area contributed by atoms with Crippen LogP contribution in [0.15, 0.2) is 39.4 Å². The highest BCUT2D eigenvalue weighted by Gasteiger charge is 2.11. The van der Waals surface area contributed by atoms with Crippen molar-refractivity contribution in [3.8, 4) is 0 Å². The summed E-state index contributed by atoms with van der Waals surface area (Å²) in [5.41, 5.74) is 4.92. The largest absolute Gasteiger partial charge is 0.469 e. The summed E-state index contributed by atoms with van der Waals surface area (Å²) in [5, 5.41) is 0. The summed E-state index contributed by atoms with van der Waals surface area (Å²) >= 11 is 0. The smallest absolute Gasteiger partial charge is 0.273 e. The molecule has 0 atom stereocenters. The summed E-state index contributed by atoms with van der Waals surface area (Å²) in [7, 11) is 0. The molecule has 6 nitrogen and oxygen atoms in total. The molecular weight excluding hydrogens is 260 g/mol. The van der Waals surface area contributed by atoms with Gasteiger partial charge in [-0.3, -0.25) is 20.4 Å². The summed E-state index contributed by atoms with van der Waals surface area (Å²) < 4.78 is 10.3. The lowest BCUT2D eigenvalue weighted by Crippen LogP contribution is -2.40. The van der Waals surface area contributed by atoms with Crippen molar-refractivity contribution in [1.29, 1.82) is 0 Å². The van der Waals surface area contributed by atoms with Gasteiger partial charge in [0.1, 0.15) is 17.3 Å². The summed E-state index contributed by atoms with van der Waals surface area (Å²) in [5.74, 6) is 0.905. The van der Waals surface area contributed by atoms with E-state index in [1.54, 1.807) is 19.1 Å². The monoisotopic (exact) mass is 274 g/mol. The van der Waals surface area contributed by atoms with E-state index in [1.807, 2.05) is 6.92 Å². The van der Waals surface area contributed by atoms with E-state index in [9.17, 15) is 9.59 Å². The molecule has 2 heterocycles. The van der Waals surface area contributed by atoms with E-state index in [-0.39, 0.29) is 0 Å². The molecule has 0 aliphatic heterocycles. The fourth-order valence-corrected chi connectivity index (χ4v) is 1.55. The van der Waals surface area contributed by atoms with Crippen LogP contribution in [0, 0.1) is 13.8 Å². The number of rotatable bonds is 3. The first kappa shape index (κ1) is 13.7. The third kappa shape index (κ3) is 3.38. The summed E-state index contributed by atoms with van der Waals surface area (Å²) in [6, 6.07) is 5.06. The van der Waals surface area contributed by atoms with Gasteiger partial charge in [-0.2, -0.15) is 0 Å². The van der Waals surface area contributed by atoms with Gasteiger partial charge in [-0.25, -0.2) is 0 Å². The van der Waals surface area contributed by atoms with Gasteiger partial charge in [0.2, 0.25) is 0 Å². The number of carbonyl (C=O) groups is 2. The van der Waals surface area contributed by atoms with Gasteiger partial charge in [0.25, 0.3) is 11.8 Å². The van der Waals surface area contributed by atoms with Gasteiger partial charge >= 0.3 is 0 Å². The van der Waals surface area contributed by atoms with Crippen molar-refractivity contribution in [2.75, 3.05) is 0 Å². The number of carbonyl (C=O) groups excluding carboxylic acids is 2. The fraction of sp³-hybridized carbons (Fsp3) is 0.143. The van der Waals surface area contributed by atoms with Gasteiger partial charge in [-0.1, -0.05) is 0 Å². The Morgan fingerprint density at radius 3 is 2.55 bits per heavy atom. The highest BCUT2D eigenvalue weighted by Crippen LogP contribution is 2.08. The van der Waals surface area contributed by atoms with Gasteiger partial charge in [0.05, 0.1) is 11.8 Å². The molecule has 20 heavy (non-hydrogen) atoms. The molecule has 2 rings (SSSR count). The Hall–Kier alpha value is -2.76. The third-order valence-corrected chi connectivity index (χ3v) is 2.56. The maximum atomic E-state index is 11.7. The van der Waals surface area contributed by atoms with E-state index in [2.05, 4.69) is 10.9 Å². The molecule has 0 spiro atoms. The lowest BCUT2D eigenvalue weighted by atomic mass is 10.2. The van der Waals surface area contributed by atoms with Crippen LogP contribution in [0.3, 0.4) is 0 Å². The zero-order valence-electron chi connectivity index (χ0n) is 11.1. The van der Waals surface area contributed by atoms with Crippen LogP contribution in [-0.4, -0.2) is 11.8 Å². The van der Waals surface area contributed by atoms with Crippen molar-refractivity contribution in [1.82, 2.24) is 10.9 Å². The average molecular weight is 274 g/mol. The third-order valence-electron chi connectivity index (χ3n) is 2.56. The molecule has 0 aliphatic carbocycles. The average Bonchev–Trinajstić information content (AvgIpc) is 3.02. The quantitative estimate of drug-likeness (QED) is 0.662.